The van der Waals surface area contributed by atoms with Crippen molar-refractivity contribution in [2.24, 2.45) is 5.73 Å². The molecule has 0 saturated heterocycles. The van der Waals surface area contributed by atoms with E-state index >= 15 is 0 Å². The third-order valence-electron chi connectivity index (χ3n) is 2.41. The molecule has 1 heterocycles. The quantitative estimate of drug-likeness (QED) is 0.944. The Hall–Kier alpha value is -1.46. The fourth-order valence-electron chi connectivity index (χ4n) is 1.57. The molecular formula is C13H12BrFN2O. The van der Waals surface area contributed by atoms with Gasteiger partial charge in [0.1, 0.15) is 6.61 Å². The van der Waals surface area contributed by atoms with Crippen molar-refractivity contribution in [3.05, 3.63) is 58.1 Å². The largest absolute Gasteiger partial charge is 0.485 e. The third kappa shape index (κ3) is 3.05. The van der Waals surface area contributed by atoms with Crippen LogP contribution in [0.4, 0.5) is 4.39 Å². The highest BCUT2D eigenvalue weighted by Crippen LogP contribution is 2.23. The lowest BCUT2D eigenvalue weighted by molar-refractivity contribution is 0.286. The van der Waals surface area contributed by atoms with E-state index in [0.29, 0.717) is 5.56 Å². The van der Waals surface area contributed by atoms with Crippen molar-refractivity contribution in [3.63, 3.8) is 0 Å². The molecule has 0 aliphatic heterocycles. The summed E-state index contributed by atoms with van der Waals surface area (Å²) in [7, 11) is 0. The van der Waals surface area contributed by atoms with E-state index in [0.717, 1.165) is 10.0 Å². The smallest absolute Gasteiger partial charge is 0.165 e. The van der Waals surface area contributed by atoms with Gasteiger partial charge in [0, 0.05) is 34.5 Å². The summed E-state index contributed by atoms with van der Waals surface area (Å²) < 4.78 is 20.0. The second-order valence-corrected chi connectivity index (χ2v) is 4.65. The van der Waals surface area contributed by atoms with Crippen molar-refractivity contribution in [1.82, 2.24) is 4.98 Å². The first-order valence-corrected chi connectivity index (χ1v) is 6.19. The molecule has 2 rings (SSSR count). The lowest BCUT2D eigenvalue weighted by Crippen LogP contribution is -2.04. The van der Waals surface area contributed by atoms with E-state index in [-0.39, 0.29) is 18.9 Å². The first kappa shape index (κ1) is 13.0. The van der Waals surface area contributed by atoms with Crippen molar-refractivity contribution in [1.29, 1.82) is 0 Å². The molecule has 0 fully saturated rings. The number of hydrogen-bond donors (Lipinski definition) is 1. The molecule has 2 N–H and O–H groups in total. The molecule has 0 spiro atoms. The van der Waals surface area contributed by atoms with Gasteiger partial charge in [-0.05, 0) is 28.1 Å². The zero-order valence-corrected chi connectivity index (χ0v) is 11.2. The summed E-state index contributed by atoms with van der Waals surface area (Å²) in [6.07, 6.45) is 3.35. The molecular weight excluding hydrogens is 299 g/mol. The summed E-state index contributed by atoms with van der Waals surface area (Å²) >= 11 is 3.32. The third-order valence-corrected chi connectivity index (χ3v) is 2.85. The summed E-state index contributed by atoms with van der Waals surface area (Å²) in [4.78, 5) is 4.02. The lowest BCUT2D eigenvalue weighted by atomic mass is 10.2. The van der Waals surface area contributed by atoms with Gasteiger partial charge < -0.3 is 10.5 Å². The molecule has 0 aliphatic rings. The second-order valence-electron chi connectivity index (χ2n) is 3.73. The maximum atomic E-state index is 13.6. The molecule has 94 valence electrons. The van der Waals surface area contributed by atoms with Crippen molar-refractivity contribution < 1.29 is 9.13 Å². The minimum Gasteiger partial charge on any atom is -0.485 e. The van der Waals surface area contributed by atoms with Crippen LogP contribution in [0.15, 0.2) is 41.1 Å². The number of benzene rings is 1. The molecule has 1 aromatic heterocycles. The maximum Gasteiger partial charge on any atom is 0.165 e. The minimum absolute atomic E-state index is 0.208. The topological polar surface area (TPSA) is 48.1 Å². The van der Waals surface area contributed by atoms with Crippen LogP contribution in [0.3, 0.4) is 0 Å². The van der Waals surface area contributed by atoms with Crippen LogP contribution >= 0.6 is 15.9 Å². The number of aromatic nitrogens is 1. The van der Waals surface area contributed by atoms with E-state index in [1.54, 1.807) is 24.5 Å². The van der Waals surface area contributed by atoms with Gasteiger partial charge in [0.2, 0.25) is 0 Å². The average molecular weight is 311 g/mol. The normalized spacial score (nSPS) is 10.4. The van der Waals surface area contributed by atoms with E-state index in [1.807, 2.05) is 6.07 Å². The van der Waals surface area contributed by atoms with Crippen molar-refractivity contribution in [2.45, 2.75) is 13.2 Å². The van der Waals surface area contributed by atoms with Crippen molar-refractivity contribution >= 4 is 15.9 Å². The van der Waals surface area contributed by atoms with Gasteiger partial charge in [0.05, 0.1) is 0 Å². The van der Waals surface area contributed by atoms with Crippen LogP contribution in [0.2, 0.25) is 0 Å². The van der Waals surface area contributed by atoms with Crippen molar-refractivity contribution in [2.75, 3.05) is 0 Å². The molecule has 5 heteroatoms. The van der Waals surface area contributed by atoms with Crippen LogP contribution in [-0.4, -0.2) is 4.98 Å². The Morgan fingerprint density at radius 2 is 2.17 bits per heavy atom. The Kier molecular flexibility index (Phi) is 4.28. The molecule has 2 aromatic rings. The van der Waals surface area contributed by atoms with E-state index in [4.69, 9.17) is 10.5 Å². The van der Waals surface area contributed by atoms with Crippen LogP contribution in [0.5, 0.6) is 5.75 Å². The Bertz CT molecular complexity index is 548. The molecule has 0 amide bonds. The highest BCUT2D eigenvalue weighted by atomic mass is 79.9. The van der Waals surface area contributed by atoms with Gasteiger partial charge in [0.15, 0.2) is 11.6 Å². The summed E-state index contributed by atoms with van der Waals surface area (Å²) in [6, 6.07) is 6.59. The number of halogens is 2. The Morgan fingerprint density at radius 3 is 2.89 bits per heavy atom. The van der Waals surface area contributed by atoms with Gasteiger partial charge in [-0.25, -0.2) is 4.39 Å². The first-order chi connectivity index (χ1) is 8.70. The highest BCUT2D eigenvalue weighted by Gasteiger charge is 2.08. The van der Waals surface area contributed by atoms with Crippen molar-refractivity contribution in [3.8, 4) is 5.75 Å². The molecule has 1 aromatic carbocycles. The second kappa shape index (κ2) is 5.93. The number of para-hydroxylation sites is 1. The Balaban J connectivity index is 2.15. The van der Waals surface area contributed by atoms with E-state index in [2.05, 4.69) is 20.9 Å². The molecule has 0 radical (unpaired) electrons. The van der Waals surface area contributed by atoms with E-state index in [1.165, 1.54) is 6.07 Å². The van der Waals surface area contributed by atoms with Gasteiger partial charge in [-0.1, -0.05) is 12.1 Å². The number of rotatable bonds is 4. The van der Waals surface area contributed by atoms with Crippen LogP contribution in [-0.2, 0) is 13.2 Å². The summed E-state index contributed by atoms with van der Waals surface area (Å²) in [5.41, 5.74) is 7.05. The standard InChI is InChI=1S/C13H12BrFN2O/c14-11-4-9(6-17-7-11)8-18-13-10(5-16)2-1-3-12(13)15/h1-4,6-7H,5,8,16H2. The number of nitrogens with zero attached hydrogens (tertiary/aromatic N) is 1. The average Bonchev–Trinajstić information content (AvgIpc) is 2.37. The zero-order chi connectivity index (χ0) is 13.0. The molecule has 0 bridgehead atoms. The SMILES string of the molecule is NCc1cccc(F)c1OCc1cncc(Br)c1. The van der Waals surface area contributed by atoms with E-state index in [9.17, 15) is 4.39 Å². The van der Waals surface area contributed by atoms with Gasteiger partial charge in [-0.15, -0.1) is 0 Å². The van der Waals surface area contributed by atoms with Crippen LogP contribution in [0.25, 0.3) is 0 Å². The molecule has 3 nitrogen and oxygen atoms in total. The first-order valence-electron chi connectivity index (χ1n) is 5.40. The van der Waals surface area contributed by atoms with Gasteiger partial charge in [-0.3, -0.25) is 4.98 Å². The van der Waals surface area contributed by atoms with Crippen LogP contribution < -0.4 is 10.5 Å². The summed E-state index contributed by atoms with van der Waals surface area (Å²) in [6.45, 7) is 0.490. The minimum atomic E-state index is -0.402. The molecule has 0 saturated carbocycles. The van der Waals surface area contributed by atoms with E-state index < -0.39 is 5.82 Å². The van der Waals surface area contributed by atoms with Crippen LogP contribution in [0.1, 0.15) is 11.1 Å². The fraction of sp³-hybridized carbons (Fsp3) is 0.154. The van der Waals surface area contributed by atoms with Gasteiger partial charge in [-0.2, -0.15) is 0 Å². The van der Waals surface area contributed by atoms with Gasteiger partial charge >= 0.3 is 0 Å². The molecule has 0 aliphatic carbocycles. The fourth-order valence-corrected chi connectivity index (χ4v) is 1.98. The van der Waals surface area contributed by atoms with Gasteiger partial charge in [0.25, 0.3) is 0 Å². The molecule has 18 heavy (non-hydrogen) atoms. The Labute approximate surface area is 113 Å². The number of nitrogens with two attached hydrogens (primary N) is 1. The zero-order valence-electron chi connectivity index (χ0n) is 9.57. The number of ether oxygens (including phenoxy) is 1. The molecule has 0 atom stereocenters. The Morgan fingerprint density at radius 1 is 1.33 bits per heavy atom. The number of hydrogen-bond acceptors (Lipinski definition) is 3. The number of pyridine rings is 1. The highest BCUT2D eigenvalue weighted by molar-refractivity contribution is 9.10. The summed E-state index contributed by atoms with van der Waals surface area (Å²) in [5, 5.41) is 0. The predicted octanol–water partition coefficient (Wildman–Crippen LogP) is 3.02. The maximum absolute atomic E-state index is 13.6. The molecule has 0 unspecified atom stereocenters. The monoisotopic (exact) mass is 310 g/mol. The summed E-state index contributed by atoms with van der Waals surface area (Å²) in [5.74, 6) is -0.194. The predicted molar refractivity (Wildman–Crippen MR) is 70.6 cm³/mol. The van der Waals surface area contributed by atoms with Crippen LogP contribution in [0, 0.1) is 5.82 Å². The lowest BCUT2D eigenvalue weighted by Gasteiger charge is -2.11.